The van der Waals surface area contributed by atoms with Gasteiger partial charge in [-0.3, -0.25) is 4.79 Å². The van der Waals surface area contributed by atoms with Gasteiger partial charge in [-0.1, -0.05) is 27.2 Å². The number of urea groups is 1. The lowest BCUT2D eigenvalue weighted by Gasteiger charge is -2.28. The molecule has 0 fully saturated rings. The largest absolute Gasteiger partial charge is 0.481 e. The number of aliphatic carboxylic acids is 1. The highest BCUT2D eigenvalue weighted by Gasteiger charge is 2.23. The van der Waals surface area contributed by atoms with Crippen molar-refractivity contribution in [2.45, 2.75) is 65.5 Å². The third-order valence-electron chi connectivity index (χ3n) is 2.84. The molecule has 0 saturated carbocycles. The van der Waals surface area contributed by atoms with E-state index in [4.69, 9.17) is 5.11 Å². The summed E-state index contributed by atoms with van der Waals surface area (Å²) in [4.78, 5) is 22.5. The molecule has 0 aliphatic carbocycles. The average Bonchev–Trinajstić information content (AvgIpc) is 2.14. The summed E-state index contributed by atoms with van der Waals surface area (Å²) in [6.45, 7) is 9.76. The van der Waals surface area contributed by atoms with Gasteiger partial charge in [-0.15, -0.1) is 0 Å². The third kappa shape index (κ3) is 7.14. The van der Waals surface area contributed by atoms with Crippen molar-refractivity contribution >= 4 is 12.0 Å². The second-order valence-electron chi connectivity index (χ2n) is 5.68. The summed E-state index contributed by atoms with van der Waals surface area (Å²) in [5.41, 5.74) is -0.274. The number of nitrogens with one attached hydrogen (secondary N) is 2. The Kier molecular flexibility index (Phi) is 6.73. The number of amides is 2. The van der Waals surface area contributed by atoms with Gasteiger partial charge in [0.1, 0.15) is 0 Å². The van der Waals surface area contributed by atoms with Crippen molar-refractivity contribution in [3.63, 3.8) is 0 Å². The highest BCUT2D eigenvalue weighted by atomic mass is 16.4. The number of carbonyl (C=O) groups is 2. The molecule has 0 radical (unpaired) electrons. The number of hydrogen-bond donors (Lipinski definition) is 3. The normalized spacial score (nSPS) is 13.2. The lowest BCUT2D eigenvalue weighted by Crippen LogP contribution is -2.52. The minimum Gasteiger partial charge on any atom is -0.481 e. The molecule has 1 unspecified atom stereocenters. The van der Waals surface area contributed by atoms with E-state index in [0.717, 1.165) is 12.8 Å². The van der Waals surface area contributed by atoms with Crippen LogP contribution in [0, 0.1) is 5.92 Å². The first kappa shape index (κ1) is 16.7. The zero-order valence-electron chi connectivity index (χ0n) is 12.0. The van der Waals surface area contributed by atoms with Gasteiger partial charge in [-0.2, -0.15) is 0 Å². The summed E-state index contributed by atoms with van der Waals surface area (Å²) in [5.74, 6) is -0.817. The van der Waals surface area contributed by atoms with Crippen LogP contribution in [0.25, 0.3) is 0 Å². The maximum absolute atomic E-state index is 11.8. The van der Waals surface area contributed by atoms with Crippen LogP contribution in [-0.4, -0.2) is 28.7 Å². The summed E-state index contributed by atoms with van der Waals surface area (Å²) >= 11 is 0. The fourth-order valence-corrected chi connectivity index (χ4v) is 1.84. The van der Waals surface area contributed by atoms with Crippen LogP contribution in [0.4, 0.5) is 4.79 Å². The molecule has 0 saturated heterocycles. The highest BCUT2D eigenvalue weighted by molar-refractivity contribution is 5.76. The number of carboxylic acids is 1. The van der Waals surface area contributed by atoms with E-state index in [1.807, 2.05) is 27.7 Å². The van der Waals surface area contributed by atoms with E-state index < -0.39 is 5.97 Å². The van der Waals surface area contributed by atoms with Crippen LogP contribution in [0.3, 0.4) is 0 Å². The molecule has 0 spiro atoms. The summed E-state index contributed by atoms with van der Waals surface area (Å²) in [7, 11) is 0. The molecule has 0 heterocycles. The van der Waals surface area contributed by atoms with Gasteiger partial charge in [0.05, 0.1) is 6.42 Å². The fraction of sp³-hybridized carbons (Fsp3) is 0.846. The predicted molar refractivity (Wildman–Crippen MR) is 71.5 cm³/mol. The van der Waals surface area contributed by atoms with E-state index >= 15 is 0 Å². The van der Waals surface area contributed by atoms with Crippen molar-refractivity contribution in [2.75, 3.05) is 0 Å². The molecule has 0 aromatic carbocycles. The zero-order valence-corrected chi connectivity index (χ0v) is 12.0. The number of rotatable bonds is 7. The van der Waals surface area contributed by atoms with E-state index in [1.165, 1.54) is 0 Å². The molecule has 5 nitrogen and oxygen atoms in total. The van der Waals surface area contributed by atoms with E-state index in [9.17, 15) is 9.59 Å². The maximum atomic E-state index is 11.8. The second kappa shape index (κ2) is 7.24. The molecule has 0 aliphatic heterocycles. The van der Waals surface area contributed by atoms with Crippen molar-refractivity contribution in [1.29, 1.82) is 0 Å². The van der Waals surface area contributed by atoms with Crippen LogP contribution < -0.4 is 10.6 Å². The molecule has 0 rings (SSSR count). The molecular weight excluding hydrogens is 232 g/mol. The lowest BCUT2D eigenvalue weighted by molar-refractivity contribution is -0.137. The van der Waals surface area contributed by atoms with Crippen molar-refractivity contribution < 1.29 is 14.7 Å². The Bertz CT molecular complexity index is 288. The van der Waals surface area contributed by atoms with E-state index in [1.54, 1.807) is 0 Å². The van der Waals surface area contributed by atoms with Crippen molar-refractivity contribution in [3.05, 3.63) is 0 Å². The van der Waals surface area contributed by atoms with Gasteiger partial charge >= 0.3 is 12.0 Å². The molecule has 3 N–H and O–H groups in total. The van der Waals surface area contributed by atoms with Crippen molar-refractivity contribution in [1.82, 2.24) is 10.6 Å². The predicted octanol–water partition coefficient (Wildman–Crippen LogP) is 2.36. The molecule has 0 bridgehead atoms. The minimum atomic E-state index is -0.901. The third-order valence-corrected chi connectivity index (χ3v) is 2.84. The summed E-state index contributed by atoms with van der Waals surface area (Å²) < 4.78 is 0. The summed E-state index contributed by atoms with van der Waals surface area (Å²) in [6, 6.07) is -0.645. The summed E-state index contributed by atoms with van der Waals surface area (Å²) in [6.07, 6.45) is 1.81. The molecule has 106 valence electrons. The van der Waals surface area contributed by atoms with Gasteiger partial charge in [0.15, 0.2) is 0 Å². The van der Waals surface area contributed by atoms with E-state index in [0.29, 0.717) is 0 Å². The molecule has 2 amide bonds. The molecule has 1 atom stereocenters. The Labute approximate surface area is 109 Å². The minimum absolute atomic E-state index is 0.0563. The molecule has 5 heteroatoms. The topological polar surface area (TPSA) is 78.4 Å². The Morgan fingerprint density at radius 1 is 1.28 bits per heavy atom. The Morgan fingerprint density at radius 3 is 2.22 bits per heavy atom. The van der Waals surface area contributed by atoms with Crippen LogP contribution in [0.15, 0.2) is 0 Å². The number of carbonyl (C=O) groups excluding carboxylic acids is 1. The molecule has 0 aliphatic rings. The molecule has 0 aromatic rings. The summed E-state index contributed by atoms with van der Waals surface area (Å²) in [5, 5.41) is 14.4. The van der Waals surface area contributed by atoms with Crippen LogP contribution in [0.5, 0.6) is 0 Å². The first-order valence-electron chi connectivity index (χ1n) is 6.48. The fourth-order valence-electron chi connectivity index (χ4n) is 1.84. The lowest BCUT2D eigenvalue weighted by atomic mass is 9.99. The maximum Gasteiger partial charge on any atom is 0.315 e. The highest BCUT2D eigenvalue weighted by Crippen LogP contribution is 2.11. The first-order chi connectivity index (χ1) is 8.18. The second-order valence-corrected chi connectivity index (χ2v) is 5.68. The van der Waals surface area contributed by atoms with E-state index in [2.05, 4.69) is 17.6 Å². The van der Waals surface area contributed by atoms with Crippen LogP contribution in [-0.2, 0) is 4.79 Å². The zero-order chi connectivity index (χ0) is 14.3. The number of carboxylic acid groups (broad SMARTS) is 1. The molecule has 0 aromatic heterocycles. The quantitative estimate of drug-likeness (QED) is 0.656. The average molecular weight is 258 g/mol. The van der Waals surface area contributed by atoms with Crippen LogP contribution >= 0.6 is 0 Å². The van der Waals surface area contributed by atoms with E-state index in [-0.39, 0.29) is 30.0 Å². The smallest absolute Gasteiger partial charge is 0.315 e. The van der Waals surface area contributed by atoms with Gasteiger partial charge in [-0.25, -0.2) is 4.79 Å². The first-order valence-corrected chi connectivity index (χ1v) is 6.48. The van der Waals surface area contributed by atoms with Crippen LogP contribution in [0.1, 0.15) is 53.9 Å². The Morgan fingerprint density at radius 2 is 1.83 bits per heavy atom. The molecule has 18 heavy (non-hydrogen) atoms. The van der Waals surface area contributed by atoms with Crippen LogP contribution in [0.2, 0.25) is 0 Å². The van der Waals surface area contributed by atoms with Gasteiger partial charge in [0.25, 0.3) is 0 Å². The number of hydrogen-bond acceptors (Lipinski definition) is 2. The van der Waals surface area contributed by atoms with Gasteiger partial charge < -0.3 is 15.7 Å². The Balaban J connectivity index is 4.38. The van der Waals surface area contributed by atoms with Crippen molar-refractivity contribution in [2.24, 2.45) is 5.92 Å². The van der Waals surface area contributed by atoms with Gasteiger partial charge in [0.2, 0.25) is 0 Å². The monoisotopic (exact) mass is 258 g/mol. The standard InChI is InChI=1S/C13H26N2O3/c1-6-7-13(4,5)15-12(18)14-10(9(2)3)8-11(16)17/h9-10H,6-8H2,1-5H3,(H,16,17)(H2,14,15,18). The van der Waals surface area contributed by atoms with Gasteiger partial charge in [-0.05, 0) is 26.2 Å². The van der Waals surface area contributed by atoms with Gasteiger partial charge in [0, 0.05) is 11.6 Å². The SMILES string of the molecule is CCCC(C)(C)NC(=O)NC(CC(=O)O)C(C)C. The molecular formula is C13H26N2O3. The van der Waals surface area contributed by atoms with Crippen molar-refractivity contribution in [3.8, 4) is 0 Å². The Hall–Kier alpha value is -1.26.